The highest BCUT2D eigenvalue weighted by atomic mass is 32.2. The zero-order chi connectivity index (χ0) is 17.0. The Kier molecular flexibility index (Phi) is 5.43. The van der Waals surface area contributed by atoms with E-state index in [9.17, 15) is 14.4 Å². The van der Waals surface area contributed by atoms with E-state index in [-0.39, 0.29) is 11.2 Å². The summed E-state index contributed by atoms with van der Waals surface area (Å²) < 4.78 is 1.56. The molecule has 0 unspecified atom stereocenters. The van der Waals surface area contributed by atoms with E-state index in [1.54, 1.807) is 4.52 Å². The fourth-order valence-corrected chi connectivity index (χ4v) is 3.19. The zero-order valence-corrected chi connectivity index (χ0v) is 13.6. The molecule has 0 aliphatic carbocycles. The lowest BCUT2D eigenvalue weighted by Crippen LogP contribution is -2.33. The fraction of sp³-hybridized carbons (Fsp3) is 0.429. The first-order valence-electron chi connectivity index (χ1n) is 7.12. The van der Waals surface area contributed by atoms with Gasteiger partial charge in [0, 0.05) is 6.07 Å². The van der Waals surface area contributed by atoms with E-state index in [0.29, 0.717) is 10.9 Å². The molecule has 2 rings (SSSR count). The van der Waals surface area contributed by atoms with E-state index in [2.05, 4.69) is 29.2 Å². The number of H-pyrrole nitrogens is 1. The molecule has 0 aliphatic heterocycles. The van der Waals surface area contributed by atoms with Gasteiger partial charge >= 0.3 is 5.97 Å². The SMILES string of the molecule is CC(C)CCSc1cc(=O)c(C(=O)NCC(=O)O)c2nc[nH]n12. The molecule has 23 heavy (non-hydrogen) atoms. The molecule has 0 bridgehead atoms. The van der Waals surface area contributed by atoms with Crippen molar-refractivity contribution in [2.75, 3.05) is 12.3 Å². The normalized spacial score (nSPS) is 11.1. The predicted molar refractivity (Wildman–Crippen MR) is 86.0 cm³/mol. The standard InChI is InChI=1S/C14H18N4O4S/c1-8(2)3-4-23-10-5-9(19)12(13-16-7-17-18(10)13)14(22)15-6-11(20)21/h5,7-8H,3-4,6H2,1-2H3,(H,15,22)(H,16,17)(H,20,21). The van der Waals surface area contributed by atoms with Gasteiger partial charge in [0.15, 0.2) is 11.1 Å². The van der Waals surface area contributed by atoms with E-state index in [1.165, 1.54) is 24.2 Å². The van der Waals surface area contributed by atoms with Gasteiger partial charge in [-0.3, -0.25) is 19.5 Å². The number of carboxylic acids is 1. The number of carbonyl (C=O) groups is 2. The number of hydrogen-bond acceptors (Lipinski definition) is 5. The van der Waals surface area contributed by atoms with Gasteiger partial charge in [-0.25, -0.2) is 9.50 Å². The number of pyridine rings is 1. The number of aromatic nitrogens is 3. The average molecular weight is 338 g/mol. The molecule has 0 saturated heterocycles. The number of nitrogens with one attached hydrogen (secondary N) is 2. The van der Waals surface area contributed by atoms with Crippen molar-refractivity contribution in [1.29, 1.82) is 0 Å². The maximum atomic E-state index is 12.2. The summed E-state index contributed by atoms with van der Waals surface area (Å²) >= 11 is 1.50. The second-order valence-corrected chi connectivity index (χ2v) is 6.49. The Morgan fingerprint density at radius 3 is 2.87 bits per heavy atom. The molecule has 0 saturated carbocycles. The van der Waals surface area contributed by atoms with Crippen LogP contribution in [-0.2, 0) is 4.79 Å². The Balaban J connectivity index is 2.32. The van der Waals surface area contributed by atoms with Gasteiger partial charge in [-0.15, -0.1) is 11.8 Å². The number of hydrogen-bond donors (Lipinski definition) is 3. The lowest BCUT2D eigenvalue weighted by atomic mass is 10.2. The molecule has 0 atom stereocenters. The van der Waals surface area contributed by atoms with Gasteiger partial charge in [-0.1, -0.05) is 13.8 Å². The lowest BCUT2D eigenvalue weighted by Gasteiger charge is -2.08. The summed E-state index contributed by atoms with van der Waals surface area (Å²) in [5.41, 5.74) is -0.458. The third kappa shape index (κ3) is 4.13. The molecule has 2 heterocycles. The van der Waals surface area contributed by atoms with E-state index in [4.69, 9.17) is 5.11 Å². The van der Waals surface area contributed by atoms with Gasteiger partial charge in [0.25, 0.3) is 5.91 Å². The van der Waals surface area contributed by atoms with Crippen molar-refractivity contribution in [3.8, 4) is 0 Å². The van der Waals surface area contributed by atoms with Gasteiger partial charge in [0.1, 0.15) is 23.5 Å². The Labute approximate surface area is 136 Å². The second-order valence-electron chi connectivity index (χ2n) is 5.38. The molecule has 1 amide bonds. The number of carbonyl (C=O) groups excluding carboxylic acids is 1. The van der Waals surface area contributed by atoms with Crippen molar-refractivity contribution in [2.45, 2.75) is 25.3 Å². The van der Waals surface area contributed by atoms with Crippen molar-refractivity contribution < 1.29 is 14.7 Å². The maximum absolute atomic E-state index is 12.2. The molecular formula is C14H18N4O4S. The highest BCUT2D eigenvalue weighted by Gasteiger charge is 2.19. The molecule has 0 radical (unpaired) electrons. The molecule has 0 aromatic carbocycles. The van der Waals surface area contributed by atoms with Crippen LogP contribution in [0.1, 0.15) is 30.6 Å². The summed E-state index contributed by atoms with van der Waals surface area (Å²) in [5, 5.41) is 14.3. The lowest BCUT2D eigenvalue weighted by molar-refractivity contribution is -0.135. The molecular weight excluding hydrogens is 320 g/mol. The van der Waals surface area contributed by atoms with E-state index >= 15 is 0 Å². The third-order valence-corrected chi connectivity index (χ3v) is 4.14. The Hall–Kier alpha value is -2.29. The zero-order valence-electron chi connectivity index (χ0n) is 12.8. The van der Waals surface area contributed by atoms with Crippen LogP contribution in [0.25, 0.3) is 5.65 Å². The number of carboxylic acid groups (broad SMARTS) is 1. The van der Waals surface area contributed by atoms with Crippen LogP contribution in [0, 0.1) is 5.92 Å². The van der Waals surface area contributed by atoms with Crippen LogP contribution < -0.4 is 10.7 Å². The highest BCUT2D eigenvalue weighted by molar-refractivity contribution is 7.99. The number of rotatable bonds is 7. The minimum Gasteiger partial charge on any atom is -0.480 e. The number of amides is 1. The first kappa shape index (κ1) is 17.1. The minimum atomic E-state index is -1.18. The minimum absolute atomic E-state index is 0.166. The number of nitrogens with zero attached hydrogens (tertiary/aromatic N) is 2. The number of aliphatic carboxylic acids is 1. The smallest absolute Gasteiger partial charge is 0.322 e. The number of thioether (sulfide) groups is 1. The van der Waals surface area contributed by atoms with Gasteiger partial charge in [0.05, 0.1) is 0 Å². The molecule has 8 nitrogen and oxygen atoms in total. The molecule has 124 valence electrons. The Morgan fingerprint density at radius 2 is 2.22 bits per heavy atom. The van der Waals surface area contributed by atoms with Gasteiger partial charge in [-0.05, 0) is 18.1 Å². The van der Waals surface area contributed by atoms with Crippen molar-refractivity contribution in [1.82, 2.24) is 19.9 Å². The van der Waals surface area contributed by atoms with Crippen LogP contribution in [-0.4, -0.2) is 43.9 Å². The number of fused-ring (bicyclic) bond motifs is 1. The van der Waals surface area contributed by atoms with Gasteiger partial charge < -0.3 is 10.4 Å². The second kappa shape index (κ2) is 7.32. The van der Waals surface area contributed by atoms with Gasteiger partial charge in [0.2, 0.25) is 0 Å². The first-order chi connectivity index (χ1) is 10.9. The number of aromatic amines is 1. The van der Waals surface area contributed by atoms with Crippen molar-refractivity contribution in [2.24, 2.45) is 5.92 Å². The summed E-state index contributed by atoms with van der Waals surface area (Å²) in [4.78, 5) is 38.8. The molecule has 2 aromatic heterocycles. The highest BCUT2D eigenvalue weighted by Crippen LogP contribution is 2.20. The van der Waals surface area contributed by atoms with Gasteiger partial charge in [-0.2, -0.15) is 0 Å². The van der Waals surface area contributed by atoms with Crippen molar-refractivity contribution >= 4 is 29.3 Å². The summed E-state index contributed by atoms with van der Waals surface area (Å²) in [6, 6.07) is 1.37. The molecule has 0 fully saturated rings. The third-order valence-electron chi connectivity index (χ3n) is 3.10. The Morgan fingerprint density at radius 1 is 1.48 bits per heavy atom. The molecule has 0 spiro atoms. The summed E-state index contributed by atoms with van der Waals surface area (Å²) in [5.74, 6) is -0.543. The topological polar surface area (TPSA) is 117 Å². The molecule has 9 heteroatoms. The summed E-state index contributed by atoms with van der Waals surface area (Å²) in [6.45, 7) is 3.68. The molecule has 3 N–H and O–H groups in total. The van der Waals surface area contributed by atoms with Crippen molar-refractivity contribution in [3.05, 3.63) is 28.2 Å². The average Bonchev–Trinajstić information content (AvgIpc) is 2.93. The van der Waals surface area contributed by atoms with Crippen LogP contribution in [0.2, 0.25) is 0 Å². The fourth-order valence-electron chi connectivity index (χ4n) is 1.93. The predicted octanol–water partition coefficient (Wildman–Crippen LogP) is 0.975. The summed E-state index contributed by atoms with van der Waals surface area (Å²) in [6.07, 6.45) is 2.38. The first-order valence-corrected chi connectivity index (χ1v) is 8.10. The van der Waals surface area contributed by atoms with Crippen LogP contribution in [0.5, 0.6) is 0 Å². The van der Waals surface area contributed by atoms with E-state index in [1.807, 2.05) is 0 Å². The van der Waals surface area contributed by atoms with Crippen LogP contribution >= 0.6 is 11.8 Å². The van der Waals surface area contributed by atoms with Crippen molar-refractivity contribution in [3.63, 3.8) is 0 Å². The quantitative estimate of drug-likeness (QED) is 0.648. The largest absolute Gasteiger partial charge is 0.480 e. The maximum Gasteiger partial charge on any atom is 0.322 e. The Bertz CT molecular complexity index is 781. The van der Waals surface area contributed by atoms with Crippen LogP contribution in [0.3, 0.4) is 0 Å². The van der Waals surface area contributed by atoms with E-state index < -0.39 is 23.9 Å². The van der Waals surface area contributed by atoms with Crippen LogP contribution in [0.4, 0.5) is 0 Å². The molecule has 2 aromatic rings. The van der Waals surface area contributed by atoms with E-state index in [0.717, 1.165) is 12.2 Å². The molecule has 0 aliphatic rings. The van der Waals surface area contributed by atoms with Crippen LogP contribution in [0.15, 0.2) is 22.2 Å². The monoisotopic (exact) mass is 338 g/mol. The summed E-state index contributed by atoms with van der Waals surface area (Å²) in [7, 11) is 0.